The largest absolute Gasteiger partial charge is 0.313 e. The maximum atomic E-state index is 3.90. The van der Waals surface area contributed by atoms with E-state index in [-0.39, 0.29) is 0 Å². The number of thioether (sulfide) groups is 1. The Morgan fingerprint density at radius 2 is 1.71 bits per heavy atom. The second kappa shape index (κ2) is 4.43. The summed E-state index contributed by atoms with van der Waals surface area (Å²) in [5.74, 6) is 2.93. The molecule has 0 bridgehead atoms. The molecule has 3 aliphatic heterocycles. The first-order valence-corrected chi connectivity index (χ1v) is 8.50. The first-order valence-electron chi connectivity index (χ1n) is 7.56. The van der Waals surface area contributed by atoms with Crippen molar-refractivity contribution in [2.24, 2.45) is 17.8 Å². The van der Waals surface area contributed by atoms with Crippen LogP contribution in [-0.2, 0) is 0 Å². The lowest BCUT2D eigenvalue weighted by molar-refractivity contribution is 0.0773. The van der Waals surface area contributed by atoms with Crippen molar-refractivity contribution in [3.8, 4) is 0 Å². The van der Waals surface area contributed by atoms with E-state index in [0.717, 1.165) is 34.4 Å². The minimum Gasteiger partial charge on any atom is -0.313 e. The summed E-state index contributed by atoms with van der Waals surface area (Å²) < 4.78 is 0. The van der Waals surface area contributed by atoms with Crippen LogP contribution >= 0.6 is 11.8 Å². The average molecular weight is 252 g/mol. The topological polar surface area (TPSA) is 24.1 Å². The normalized spacial score (nSPS) is 53.6. The van der Waals surface area contributed by atoms with E-state index in [4.69, 9.17) is 0 Å². The maximum absolute atomic E-state index is 3.90. The van der Waals surface area contributed by atoms with Gasteiger partial charge in [0, 0.05) is 17.2 Å². The summed E-state index contributed by atoms with van der Waals surface area (Å²) in [5.41, 5.74) is 0. The van der Waals surface area contributed by atoms with Crippen LogP contribution in [0, 0.1) is 17.8 Å². The molecular formula is C14H24N2S. The molecule has 96 valence electrons. The minimum atomic E-state index is 0.769. The van der Waals surface area contributed by atoms with Crippen molar-refractivity contribution in [2.75, 3.05) is 13.1 Å². The molecule has 4 fully saturated rings. The molecular weight excluding hydrogens is 228 g/mol. The predicted molar refractivity (Wildman–Crippen MR) is 73.1 cm³/mol. The molecule has 3 heterocycles. The number of rotatable bonds is 0. The Kier molecular flexibility index (Phi) is 2.90. The lowest BCUT2D eigenvalue weighted by Gasteiger charge is -2.56. The Labute approximate surface area is 109 Å². The van der Waals surface area contributed by atoms with Gasteiger partial charge in [0.2, 0.25) is 0 Å². The van der Waals surface area contributed by atoms with Gasteiger partial charge in [0.15, 0.2) is 0 Å². The number of nitrogens with one attached hydrogen (secondary N) is 2. The van der Waals surface area contributed by atoms with E-state index in [1.54, 1.807) is 0 Å². The molecule has 0 amide bonds. The van der Waals surface area contributed by atoms with Crippen molar-refractivity contribution >= 4 is 11.8 Å². The van der Waals surface area contributed by atoms with Crippen LogP contribution in [-0.4, -0.2) is 29.8 Å². The Bertz CT molecular complexity index is 294. The molecule has 1 saturated carbocycles. The van der Waals surface area contributed by atoms with Gasteiger partial charge in [-0.3, -0.25) is 0 Å². The molecule has 4 rings (SSSR count). The SMILES string of the molecule is C1CCC2C(C1)SC1NCCC3CCNC2C31. The fourth-order valence-corrected chi connectivity index (χ4v) is 6.82. The highest BCUT2D eigenvalue weighted by molar-refractivity contribution is 8.00. The summed E-state index contributed by atoms with van der Waals surface area (Å²) in [4.78, 5) is 0. The van der Waals surface area contributed by atoms with Gasteiger partial charge in [0.05, 0.1) is 5.37 Å². The van der Waals surface area contributed by atoms with Crippen LogP contribution in [0.15, 0.2) is 0 Å². The van der Waals surface area contributed by atoms with Crippen LogP contribution in [0.25, 0.3) is 0 Å². The van der Waals surface area contributed by atoms with Crippen LogP contribution in [0.2, 0.25) is 0 Å². The molecule has 0 aromatic carbocycles. The van der Waals surface area contributed by atoms with Crippen molar-refractivity contribution in [2.45, 2.75) is 55.2 Å². The molecule has 3 heteroatoms. The van der Waals surface area contributed by atoms with Crippen molar-refractivity contribution < 1.29 is 0 Å². The van der Waals surface area contributed by atoms with E-state index in [1.165, 1.54) is 51.6 Å². The van der Waals surface area contributed by atoms with E-state index in [2.05, 4.69) is 22.4 Å². The number of hydrogen-bond acceptors (Lipinski definition) is 3. The zero-order valence-electron chi connectivity index (χ0n) is 10.5. The average Bonchev–Trinajstić information content (AvgIpc) is 2.39. The Morgan fingerprint density at radius 1 is 0.882 bits per heavy atom. The fraction of sp³-hybridized carbons (Fsp3) is 1.00. The van der Waals surface area contributed by atoms with Gasteiger partial charge < -0.3 is 10.6 Å². The summed E-state index contributed by atoms with van der Waals surface area (Å²) in [7, 11) is 0. The molecule has 1 aliphatic carbocycles. The van der Waals surface area contributed by atoms with Crippen LogP contribution in [0.1, 0.15) is 38.5 Å². The smallest absolute Gasteiger partial charge is 0.0581 e. The summed E-state index contributed by atoms with van der Waals surface area (Å²) in [6, 6.07) is 0.845. The van der Waals surface area contributed by atoms with Crippen LogP contribution in [0.4, 0.5) is 0 Å². The van der Waals surface area contributed by atoms with Crippen LogP contribution in [0.3, 0.4) is 0 Å². The molecule has 4 aliphatic rings. The van der Waals surface area contributed by atoms with Crippen molar-refractivity contribution in [3.05, 3.63) is 0 Å². The minimum absolute atomic E-state index is 0.769. The third kappa shape index (κ3) is 1.77. The summed E-state index contributed by atoms with van der Waals surface area (Å²) in [6.45, 7) is 2.55. The molecule has 0 aromatic rings. The quantitative estimate of drug-likeness (QED) is 0.691. The molecule has 0 spiro atoms. The second-order valence-corrected chi connectivity index (χ2v) is 7.78. The Balaban J connectivity index is 1.63. The van der Waals surface area contributed by atoms with Gasteiger partial charge in [-0.1, -0.05) is 12.8 Å². The highest BCUT2D eigenvalue weighted by Crippen LogP contribution is 2.50. The molecule has 3 saturated heterocycles. The van der Waals surface area contributed by atoms with Gasteiger partial charge in [-0.05, 0) is 50.6 Å². The molecule has 2 N–H and O–H groups in total. The summed E-state index contributed by atoms with van der Waals surface area (Å²) >= 11 is 2.30. The second-order valence-electron chi connectivity index (χ2n) is 6.39. The zero-order valence-corrected chi connectivity index (χ0v) is 11.3. The highest BCUT2D eigenvalue weighted by atomic mass is 32.2. The Morgan fingerprint density at radius 3 is 2.65 bits per heavy atom. The van der Waals surface area contributed by atoms with Crippen molar-refractivity contribution in [1.82, 2.24) is 10.6 Å². The van der Waals surface area contributed by atoms with E-state index < -0.39 is 0 Å². The highest BCUT2D eigenvalue weighted by Gasteiger charge is 2.50. The molecule has 2 nitrogen and oxygen atoms in total. The van der Waals surface area contributed by atoms with Gasteiger partial charge >= 0.3 is 0 Å². The molecule has 6 atom stereocenters. The van der Waals surface area contributed by atoms with Gasteiger partial charge in [-0.25, -0.2) is 0 Å². The number of fused-ring (bicyclic) bond motifs is 2. The van der Waals surface area contributed by atoms with Gasteiger partial charge in [-0.15, -0.1) is 11.8 Å². The molecule has 0 aromatic heterocycles. The van der Waals surface area contributed by atoms with Crippen molar-refractivity contribution in [1.29, 1.82) is 0 Å². The summed E-state index contributed by atoms with van der Waals surface area (Å²) in [5, 5.41) is 9.42. The first-order chi connectivity index (χ1) is 8.43. The third-order valence-corrected chi connectivity index (χ3v) is 7.31. The summed E-state index contributed by atoms with van der Waals surface area (Å²) in [6.07, 6.45) is 8.78. The first kappa shape index (κ1) is 11.1. The van der Waals surface area contributed by atoms with E-state index in [0.29, 0.717) is 0 Å². The Hall–Kier alpha value is 0.270. The predicted octanol–water partition coefficient (Wildman–Crippen LogP) is 2.21. The van der Waals surface area contributed by atoms with E-state index in [1.807, 2.05) is 0 Å². The maximum Gasteiger partial charge on any atom is 0.0581 e. The van der Waals surface area contributed by atoms with E-state index in [9.17, 15) is 0 Å². The van der Waals surface area contributed by atoms with Crippen LogP contribution < -0.4 is 10.6 Å². The fourth-order valence-electron chi connectivity index (χ4n) is 4.85. The van der Waals surface area contributed by atoms with E-state index >= 15 is 0 Å². The third-order valence-electron chi connectivity index (χ3n) is 5.60. The monoisotopic (exact) mass is 252 g/mol. The van der Waals surface area contributed by atoms with Crippen LogP contribution in [0.5, 0.6) is 0 Å². The van der Waals surface area contributed by atoms with Gasteiger partial charge in [0.1, 0.15) is 0 Å². The number of hydrogen-bond donors (Lipinski definition) is 2. The number of piperidine rings is 2. The van der Waals surface area contributed by atoms with Gasteiger partial charge in [0.25, 0.3) is 0 Å². The van der Waals surface area contributed by atoms with Crippen molar-refractivity contribution in [3.63, 3.8) is 0 Å². The zero-order chi connectivity index (χ0) is 11.2. The van der Waals surface area contributed by atoms with Gasteiger partial charge in [-0.2, -0.15) is 0 Å². The molecule has 0 radical (unpaired) electrons. The lowest BCUT2D eigenvalue weighted by Crippen LogP contribution is -2.64. The molecule has 6 unspecified atom stereocenters. The molecule has 17 heavy (non-hydrogen) atoms. The lowest BCUT2D eigenvalue weighted by atomic mass is 9.68. The standard InChI is InChI=1S/C14H24N2S/c1-2-4-11-10(3-1)13-12-9(5-7-15-13)6-8-16-14(12)17-11/h9-16H,1-8H2.